The Kier molecular flexibility index (Phi) is 0.980. The van der Waals surface area contributed by atoms with Gasteiger partial charge in [-0.05, 0) is 26.4 Å². The Bertz CT molecular complexity index is 136. The number of hydrogen-bond donors (Lipinski definition) is 1. The quantitative estimate of drug-likeness (QED) is 0.527. The standard InChI is InChI=1S/C6H13NO/c1-7-4-2-3-6(7)5-8/h6,8H,2-5H2,1H3/i1D3. The van der Waals surface area contributed by atoms with Crippen LogP contribution in [0.4, 0.5) is 0 Å². The molecule has 2 nitrogen and oxygen atoms in total. The number of hydrogen-bond acceptors (Lipinski definition) is 2. The van der Waals surface area contributed by atoms with Crippen LogP contribution in [0.15, 0.2) is 0 Å². The second-order valence-corrected chi connectivity index (χ2v) is 2.17. The van der Waals surface area contributed by atoms with Crippen LogP contribution in [-0.4, -0.2) is 36.2 Å². The molecule has 48 valence electrons. The third kappa shape index (κ3) is 1.01. The van der Waals surface area contributed by atoms with Crippen molar-refractivity contribution >= 4 is 0 Å². The summed E-state index contributed by atoms with van der Waals surface area (Å²) in [7, 11) is 0. The van der Waals surface area contributed by atoms with E-state index in [2.05, 4.69) is 0 Å². The van der Waals surface area contributed by atoms with Gasteiger partial charge in [0.05, 0.1) is 6.61 Å². The van der Waals surface area contributed by atoms with Crippen LogP contribution in [0.2, 0.25) is 0 Å². The van der Waals surface area contributed by atoms with E-state index in [1.807, 2.05) is 0 Å². The Balaban J connectivity index is 2.57. The molecule has 1 aliphatic heterocycles. The lowest BCUT2D eigenvalue weighted by Crippen LogP contribution is -2.27. The first-order valence-electron chi connectivity index (χ1n) is 4.43. The van der Waals surface area contributed by atoms with Crippen molar-refractivity contribution in [2.45, 2.75) is 18.9 Å². The summed E-state index contributed by atoms with van der Waals surface area (Å²) in [4.78, 5) is 1.40. The van der Waals surface area contributed by atoms with Gasteiger partial charge in [-0.2, -0.15) is 0 Å². The van der Waals surface area contributed by atoms with Gasteiger partial charge in [0.25, 0.3) is 0 Å². The number of aliphatic hydroxyl groups excluding tert-OH is 1. The molecule has 1 rings (SSSR count). The van der Waals surface area contributed by atoms with Crippen LogP contribution in [0, 0.1) is 0 Å². The molecule has 0 spiro atoms. The van der Waals surface area contributed by atoms with Crippen molar-refractivity contribution in [3.05, 3.63) is 0 Å². The third-order valence-corrected chi connectivity index (χ3v) is 1.59. The number of nitrogens with zero attached hydrogens (tertiary/aromatic N) is 1. The molecule has 2 heteroatoms. The zero-order chi connectivity index (χ0) is 8.48. The Hall–Kier alpha value is -0.0800. The number of likely N-dealkylation sites (tertiary alicyclic amines) is 1. The summed E-state index contributed by atoms with van der Waals surface area (Å²) >= 11 is 0. The van der Waals surface area contributed by atoms with E-state index in [1.54, 1.807) is 0 Å². The van der Waals surface area contributed by atoms with Gasteiger partial charge >= 0.3 is 0 Å². The summed E-state index contributed by atoms with van der Waals surface area (Å²) in [6.07, 6.45) is 1.68. The maximum absolute atomic E-state index is 8.81. The molecule has 0 aliphatic carbocycles. The van der Waals surface area contributed by atoms with E-state index in [9.17, 15) is 0 Å². The zero-order valence-corrected chi connectivity index (χ0v) is 4.80. The molecule has 1 N–H and O–H groups in total. The zero-order valence-electron chi connectivity index (χ0n) is 7.80. The van der Waals surface area contributed by atoms with Gasteiger partial charge in [0.1, 0.15) is 0 Å². The first-order chi connectivity index (χ1) is 5.05. The maximum Gasteiger partial charge on any atom is 0.0586 e. The largest absolute Gasteiger partial charge is 0.395 e. The molecule has 1 aliphatic rings. The van der Waals surface area contributed by atoms with Crippen LogP contribution >= 0.6 is 0 Å². The van der Waals surface area contributed by atoms with E-state index in [-0.39, 0.29) is 12.6 Å². The van der Waals surface area contributed by atoms with Gasteiger partial charge < -0.3 is 10.0 Å². The smallest absolute Gasteiger partial charge is 0.0586 e. The molecule has 0 aromatic carbocycles. The summed E-state index contributed by atoms with van der Waals surface area (Å²) < 4.78 is 21.3. The van der Waals surface area contributed by atoms with E-state index >= 15 is 0 Å². The highest BCUT2D eigenvalue weighted by molar-refractivity contribution is 4.74. The molecular weight excluding hydrogens is 102 g/mol. The Morgan fingerprint density at radius 3 is 3.38 bits per heavy atom. The lowest BCUT2D eigenvalue weighted by Gasteiger charge is -2.15. The van der Waals surface area contributed by atoms with E-state index < -0.39 is 6.98 Å². The van der Waals surface area contributed by atoms with Crippen LogP contribution < -0.4 is 0 Å². The predicted molar refractivity (Wildman–Crippen MR) is 32.7 cm³/mol. The first kappa shape index (κ1) is 3.18. The summed E-state index contributed by atoms with van der Waals surface area (Å²) in [5.41, 5.74) is 0. The van der Waals surface area contributed by atoms with Crippen molar-refractivity contribution in [3.63, 3.8) is 0 Å². The van der Waals surface area contributed by atoms with Gasteiger partial charge in [0.2, 0.25) is 0 Å². The topological polar surface area (TPSA) is 23.5 Å². The summed E-state index contributed by atoms with van der Waals surface area (Å²) in [6.45, 7) is -1.48. The fourth-order valence-electron chi connectivity index (χ4n) is 1.03. The van der Waals surface area contributed by atoms with Crippen molar-refractivity contribution in [2.24, 2.45) is 0 Å². The van der Waals surface area contributed by atoms with Crippen LogP contribution in [-0.2, 0) is 0 Å². The first-order valence-corrected chi connectivity index (χ1v) is 2.93. The third-order valence-electron chi connectivity index (χ3n) is 1.59. The summed E-state index contributed by atoms with van der Waals surface area (Å²) in [6, 6.07) is -0.150. The predicted octanol–water partition coefficient (Wildman–Crippen LogP) is 0.0729. The molecular formula is C6H13NO. The van der Waals surface area contributed by atoms with Gasteiger partial charge in [0, 0.05) is 10.2 Å². The van der Waals surface area contributed by atoms with E-state index in [1.165, 1.54) is 4.90 Å². The molecule has 0 bridgehead atoms. The van der Waals surface area contributed by atoms with Crippen molar-refractivity contribution in [1.29, 1.82) is 0 Å². The normalized spacial score (nSPS) is 38.6. The minimum absolute atomic E-state index is 0.0433. The molecule has 0 saturated carbocycles. The number of rotatable bonds is 1. The molecule has 0 aromatic heterocycles. The molecule has 8 heavy (non-hydrogen) atoms. The Labute approximate surface area is 54.3 Å². The fraction of sp³-hybridized carbons (Fsp3) is 1.00. The molecule has 0 radical (unpaired) electrons. The molecule has 1 heterocycles. The van der Waals surface area contributed by atoms with E-state index in [4.69, 9.17) is 9.22 Å². The number of likely N-dealkylation sites (N-methyl/N-ethyl adjacent to an activating group) is 1. The van der Waals surface area contributed by atoms with Crippen molar-refractivity contribution in [2.75, 3.05) is 20.1 Å². The maximum atomic E-state index is 8.81. The highest BCUT2D eigenvalue weighted by atomic mass is 16.3. The van der Waals surface area contributed by atoms with Gasteiger partial charge in [0.15, 0.2) is 0 Å². The van der Waals surface area contributed by atoms with Gasteiger partial charge in [-0.15, -0.1) is 0 Å². The Morgan fingerprint density at radius 1 is 2.00 bits per heavy atom. The minimum Gasteiger partial charge on any atom is -0.395 e. The fourth-order valence-corrected chi connectivity index (χ4v) is 1.03. The van der Waals surface area contributed by atoms with Gasteiger partial charge in [-0.1, -0.05) is 0 Å². The minimum atomic E-state index is -2.02. The summed E-state index contributed by atoms with van der Waals surface area (Å²) in [5.74, 6) is 0. The van der Waals surface area contributed by atoms with Crippen molar-refractivity contribution in [3.8, 4) is 0 Å². The van der Waals surface area contributed by atoms with E-state index in [0.717, 1.165) is 12.8 Å². The second-order valence-electron chi connectivity index (χ2n) is 2.17. The average Bonchev–Trinajstić information content (AvgIpc) is 2.31. The molecule has 0 amide bonds. The van der Waals surface area contributed by atoms with Crippen LogP contribution in [0.5, 0.6) is 0 Å². The van der Waals surface area contributed by atoms with Crippen LogP contribution in [0.25, 0.3) is 0 Å². The Morgan fingerprint density at radius 2 is 2.88 bits per heavy atom. The van der Waals surface area contributed by atoms with Gasteiger partial charge in [-0.3, -0.25) is 0 Å². The van der Waals surface area contributed by atoms with Crippen molar-refractivity contribution < 1.29 is 9.22 Å². The molecule has 1 fully saturated rings. The SMILES string of the molecule is [2H]C([2H])([2H])N1CCCC1CO. The van der Waals surface area contributed by atoms with E-state index in [0.29, 0.717) is 6.54 Å². The average molecular weight is 118 g/mol. The van der Waals surface area contributed by atoms with Crippen LogP contribution in [0.1, 0.15) is 17.0 Å². The molecule has 1 saturated heterocycles. The van der Waals surface area contributed by atoms with Crippen molar-refractivity contribution in [1.82, 2.24) is 4.90 Å². The lowest BCUT2D eigenvalue weighted by molar-refractivity contribution is 0.182. The number of aliphatic hydroxyl groups is 1. The molecule has 1 unspecified atom stereocenters. The monoisotopic (exact) mass is 118 g/mol. The second kappa shape index (κ2) is 2.46. The highest BCUT2D eigenvalue weighted by Gasteiger charge is 2.18. The molecule has 1 atom stereocenters. The highest BCUT2D eigenvalue weighted by Crippen LogP contribution is 2.12. The molecule has 0 aromatic rings. The van der Waals surface area contributed by atoms with Crippen LogP contribution in [0.3, 0.4) is 0 Å². The lowest BCUT2D eigenvalue weighted by atomic mass is 10.2. The van der Waals surface area contributed by atoms with Gasteiger partial charge in [-0.25, -0.2) is 0 Å². The summed E-state index contributed by atoms with van der Waals surface area (Å²) in [5, 5.41) is 8.81.